The van der Waals surface area contributed by atoms with E-state index in [9.17, 15) is 19.1 Å². The highest BCUT2D eigenvalue weighted by atomic mass is 19.1. The average Bonchev–Trinajstić information content (AvgIpc) is 2.59. The lowest BCUT2D eigenvalue weighted by Crippen LogP contribution is -2.45. The van der Waals surface area contributed by atoms with E-state index in [1.54, 1.807) is 31.2 Å². The van der Waals surface area contributed by atoms with Crippen molar-refractivity contribution in [2.24, 2.45) is 0 Å². The van der Waals surface area contributed by atoms with Crippen LogP contribution in [-0.2, 0) is 21.7 Å². The average molecular weight is 330 g/mol. The van der Waals surface area contributed by atoms with Crippen LogP contribution in [-0.4, -0.2) is 23.5 Å². The summed E-state index contributed by atoms with van der Waals surface area (Å²) in [6.07, 6.45) is 0. The van der Waals surface area contributed by atoms with Gasteiger partial charge in [0.05, 0.1) is 6.54 Å². The molecule has 0 radical (unpaired) electrons. The largest absolute Gasteiger partial charge is 0.384 e. The monoisotopic (exact) mass is 330 g/mol. The molecule has 24 heavy (non-hydrogen) atoms. The lowest BCUT2D eigenvalue weighted by atomic mass is 9.96. The van der Waals surface area contributed by atoms with E-state index in [-0.39, 0.29) is 18.9 Å². The van der Waals surface area contributed by atoms with Gasteiger partial charge >= 0.3 is 11.8 Å². The molecule has 0 aliphatic carbocycles. The van der Waals surface area contributed by atoms with Crippen molar-refractivity contribution < 1.29 is 19.1 Å². The van der Waals surface area contributed by atoms with Crippen LogP contribution in [0, 0.1) is 5.82 Å². The molecule has 2 rings (SSSR count). The molecule has 0 aliphatic rings. The van der Waals surface area contributed by atoms with Crippen molar-refractivity contribution in [1.29, 1.82) is 0 Å². The highest BCUT2D eigenvalue weighted by Gasteiger charge is 2.25. The van der Waals surface area contributed by atoms with Gasteiger partial charge in [0, 0.05) is 6.54 Å². The lowest BCUT2D eigenvalue weighted by Gasteiger charge is -2.24. The molecule has 2 aromatic carbocycles. The van der Waals surface area contributed by atoms with Crippen LogP contribution in [0.4, 0.5) is 4.39 Å². The van der Waals surface area contributed by atoms with Crippen LogP contribution in [0.2, 0.25) is 0 Å². The Kier molecular flexibility index (Phi) is 5.65. The third-order valence-corrected chi connectivity index (χ3v) is 3.56. The Morgan fingerprint density at radius 2 is 1.58 bits per heavy atom. The number of hydrogen-bond donors (Lipinski definition) is 3. The van der Waals surface area contributed by atoms with Crippen LogP contribution >= 0.6 is 0 Å². The minimum atomic E-state index is -1.28. The van der Waals surface area contributed by atoms with Crippen molar-refractivity contribution in [3.05, 3.63) is 71.5 Å². The molecule has 0 unspecified atom stereocenters. The molecule has 0 saturated carbocycles. The molecule has 0 aliphatic heterocycles. The van der Waals surface area contributed by atoms with E-state index < -0.39 is 17.4 Å². The van der Waals surface area contributed by atoms with Crippen LogP contribution in [0.1, 0.15) is 18.1 Å². The van der Waals surface area contributed by atoms with Gasteiger partial charge in [0.25, 0.3) is 0 Å². The minimum Gasteiger partial charge on any atom is -0.384 e. The molecule has 0 heterocycles. The third kappa shape index (κ3) is 4.89. The number of carbonyl (C=O) groups excluding carboxylic acids is 2. The molecular weight excluding hydrogens is 311 g/mol. The number of halogens is 1. The summed E-state index contributed by atoms with van der Waals surface area (Å²) >= 11 is 0. The van der Waals surface area contributed by atoms with Gasteiger partial charge < -0.3 is 15.7 Å². The number of aliphatic hydroxyl groups is 1. The van der Waals surface area contributed by atoms with Gasteiger partial charge in [-0.1, -0.05) is 42.5 Å². The molecule has 3 N–H and O–H groups in total. The Bertz CT molecular complexity index is 700. The summed E-state index contributed by atoms with van der Waals surface area (Å²) in [6, 6.07) is 14.4. The SMILES string of the molecule is C[C@](O)(CNC(=O)C(=O)NCc1ccc(F)cc1)c1ccccc1. The normalized spacial score (nSPS) is 13.0. The van der Waals surface area contributed by atoms with Crippen molar-refractivity contribution in [1.82, 2.24) is 10.6 Å². The Balaban J connectivity index is 1.83. The van der Waals surface area contributed by atoms with Crippen LogP contribution in [0.5, 0.6) is 0 Å². The van der Waals surface area contributed by atoms with Gasteiger partial charge in [0.15, 0.2) is 0 Å². The van der Waals surface area contributed by atoms with Gasteiger partial charge in [-0.25, -0.2) is 4.39 Å². The highest BCUT2D eigenvalue weighted by molar-refractivity contribution is 6.35. The summed E-state index contributed by atoms with van der Waals surface area (Å²) in [5, 5.41) is 15.2. The summed E-state index contributed by atoms with van der Waals surface area (Å²) in [7, 11) is 0. The number of hydrogen-bond acceptors (Lipinski definition) is 3. The van der Waals surface area contributed by atoms with E-state index in [0.717, 1.165) is 0 Å². The van der Waals surface area contributed by atoms with Crippen LogP contribution in [0.15, 0.2) is 54.6 Å². The molecule has 2 aromatic rings. The Hall–Kier alpha value is -2.73. The number of rotatable bonds is 5. The maximum atomic E-state index is 12.8. The summed E-state index contributed by atoms with van der Waals surface area (Å²) in [6.45, 7) is 1.57. The van der Waals surface area contributed by atoms with Gasteiger partial charge in [0.1, 0.15) is 11.4 Å². The van der Waals surface area contributed by atoms with Gasteiger partial charge in [-0.15, -0.1) is 0 Å². The number of carbonyl (C=O) groups is 2. The first-order chi connectivity index (χ1) is 11.4. The predicted molar refractivity (Wildman–Crippen MR) is 87.3 cm³/mol. The number of benzene rings is 2. The Morgan fingerprint density at radius 1 is 1.00 bits per heavy atom. The molecule has 0 saturated heterocycles. The quantitative estimate of drug-likeness (QED) is 0.727. The van der Waals surface area contributed by atoms with Crippen molar-refractivity contribution in [2.45, 2.75) is 19.1 Å². The maximum Gasteiger partial charge on any atom is 0.309 e. The third-order valence-electron chi connectivity index (χ3n) is 3.56. The van der Waals surface area contributed by atoms with Crippen LogP contribution in [0.25, 0.3) is 0 Å². The first-order valence-corrected chi connectivity index (χ1v) is 7.47. The molecule has 1 atom stereocenters. The Labute approximate surface area is 139 Å². The minimum absolute atomic E-state index is 0.0974. The van der Waals surface area contributed by atoms with Crippen molar-refractivity contribution in [2.75, 3.05) is 6.54 Å². The fourth-order valence-electron chi connectivity index (χ4n) is 2.10. The smallest absolute Gasteiger partial charge is 0.309 e. The molecule has 0 bridgehead atoms. The van der Waals surface area contributed by atoms with E-state index in [2.05, 4.69) is 10.6 Å². The number of amides is 2. The van der Waals surface area contributed by atoms with E-state index >= 15 is 0 Å². The van der Waals surface area contributed by atoms with Gasteiger partial charge in [-0.05, 0) is 30.2 Å². The fourth-order valence-corrected chi connectivity index (χ4v) is 2.10. The molecule has 5 nitrogen and oxygen atoms in total. The molecule has 126 valence electrons. The zero-order valence-electron chi connectivity index (χ0n) is 13.3. The first-order valence-electron chi connectivity index (χ1n) is 7.47. The first kappa shape index (κ1) is 17.6. The molecule has 6 heteroatoms. The van der Waals surface area contributed by atoms with E-state index in [1.165, 1.54) is 24.3 Å². The summed E-state index contributed by atoms with van der Waals surface area (Å²) < 4.78 is 12.8. The fraction of sp³-hybridized carbons (Fsp3) is 0.222. The van der Waals surface area contributed by atoms with Crippen LogP contribution < -0.4 is 10.6 Å². The molecule has 2 amide bonds. The summed E-state index contributed by atoms with van der Waals surface area (Å²) in [4.78, 5) is 23.6. The standard InChI is InChI=1S/C18H19FN2O3/c1-18(24,14-5-3-2-4-6-14)12-21-17(23)16(22)20-11-13-7-9-15(19)10-8-13/h2-10,24H,11-12H2,1H3,(H,20,22)(H,21,23)/t18-/m0/s1. The van der Waals surface area contributed by atoms with Crippen molar-refractivity contribution >= 4 is 11.8 Å². The van der Waals surface area contributed by atoms with Crippen molar-refractivity contribution in [3.63, 3.8) is 0 Å². The molecular formula is C18H19FN2O3. The molecule has 0 aromatic heterocycles. The lowest BCUT2D eigenvalue weighted by molar-refractivity contribution is -0.139. The van der Waals surface area contributed by atoms with Crippen LogP contribution in [0.3, 0.4) is 0 Å². The van der Waals surface area contributed by atoms with Crippen molar-refractivity contribution in [3.8, 4) is 0 Å². The zero-order valence-corrected chi connectivity index (χ0v) is 13.3. The van der Waals surface area contributed by atoms with Gasteiger partial charge in [-0.3, -0.25) is 9.59 Å². The summed E-state index contributed by atoms with van der Waals surface area (Å²) in [5.41, 5.74) is 0.0274. The predicted octanol–water partition coefficient (Wildman–Crippen LogP) is 1.47. The summed E-state index contributed by atoms with van der Waals surface area (Å²) in [5.74, 6) is -2.03. The molecule has 0 fully saturated rings. The topological polar surface area (TPSA) is 78.4 Å². The number of nitrogens with one attached hydrogen (secondary N) is 2. The second-order valence-electron chi connectivity index (χ2n) is 5.63. The second kappa shape index (κ2) is 7.70. The Morgan fingerprint density at radius 3 is 2.21 bits per heavy atom. The van der Waals surface area contributed by atoms with Gasteiger partial charge in [-0.2, -0.15) is 0 Å². The van der Waals surface area contributed by atoms with E-state index in [4.69, 9.17) is 0 Å². The molecule has 0 spiro atoms. The van der Waals surface area contributed by atoms with E-state index in [0.29, 0.717) is 11.1 Å². The van der Waals surface area contributed by atoms with E-state index in [1.807, 2.05) is 6.07 Å². The zero-order chi connectivity index (χ0) is 17.6. The second-order valence-corrected chi connectivity index (χ2v) is 5.63. The maximum absolute atomic E-state index is 12.8. The highest BCUT2D eigenvalue weighted by Crippen LogP contribution is 2.18. The van der Waals surface area contributed by atoms with Gasteiger partial charge in [0.2, 0.25) is 0 Å².